The lowest BCUT2D eigenvalue weighted by Gasteiger charge is -2.15. The smallest absolute Gasteiger partial charge is 0.384 e. The molecule has 1 heterocycles. The van der Waals surface area contributed by atoms with Gasteiger partial charge in [0.05, 0.1) is 5.56 Å². The van der Waals surface area contributed by atoms with Crippen LogP contribution in [0, 0.1) is 6.92 Å². The highest BCUT2D eigenvalue weighted by atomic mass is 19.4. The molecule has 20 heavy (non-hydrogen) atoms. The van der Waals surface area contributed by atoms with Crippen LogP contribution in [0.3, 0.4) is 0 Å². The van der Waals surface area contributed by atoms with Gasteiger partial charge in [-0.3, -0.25) is 0 Å². The van der Waals surface area contributed by atoms with Gasteiger partial charge in [0, 0.05) is 11.8 Å². The van der Waals surface area contributed by atoms with Crippen molar-refractivity contribution < 1.29 is 18.3 Å². The second-order valence-corrected chi connectivity index (χ2v) is 4.51. The Hall–Kier alpha value is -2.08. The molecule has 1 unspecified atom stereocenters. The monoisotopic (exact) mass is 282 g/mol. The van der Waals surface area contributed by atoms with Gasteiger partial charge in [0.2, 0.25) is 0 Å². The van der Waals surface area contributed by atoms with Crippen LogP contribution in [-0.4, -0.2) is 10.1 Å². The topological polar surface area (TPSA) is 59.1 Å². The van der Waals surface area contributed by atoms with Crippen molar-refractivity contribution >= 4 is 5.82 Å². The summed E-state index contributed by atoms with van der Waals surface area (Å²) in [6, 6.07) is 6.14. The number of aliphatic hydroxyl groups excluding tert-OH is 1. The Labute approximate surface area is 113 Å². The van der Waals surface area contributed by atoms with Gasteiger partial charge in [-0.25, -0.2) is 4.98 Å². The number of aromatic nitrogens is 1. The molecule has 0 aliphatic rings. The van der Waals surface area contributed by atoms with E-state index >= 15 is 0 Å². The fourth-order valence-corrected chi connectivity index (χ4v) is 1.89. The molecule has 106 valence electrons. The molecule has 2 rings (SSSR count). The van der Waals surface area contributed by atoms with Crippen LogP contribution < -0.4 is 5.73 Å². The minimum Gasteiger partial charge on any atom is -0.384 e. The van der Waals surface area contributed by atoms with E-state index in [-0.39, 0.29) is 11.4 Å². The van der Waals surface area contributed by atoms with Crippen molar-refractivity contribution in [3.63, 3.8) is 0 Å². The Bertz CT molecular complexity index is 626. The van der Waals surface area contributed by atoms with Crippen LogP contribution in [-0.2, 0) is 6.18 Å². The van der Waals surface area contributed by atoms with Crippen LogP contribution in [0.25, 0.3) is 0 Å². The number of nitrogens with two attached hydrogens (primary N) is 1. The van der Waals surface area contributed by atoms with E-state index in [4.69, 9.17) is 5.73 Å². The Balaban J connectivity index is 2.43. The van der Waals surface area contributed by atoms with Gasteiger partial charge in [0.15, 0.2) is 0 Å². The maximum atomic E-state index is 12.7. The van der Waals surface area contributed by atoms with E-state index in [2.05, 4.69) is 4.98 Å². The third-order valence-corrected chi connectivity index (χ3v) is 2.91. The fraction of sp³-hybridized carbons (Fsp3) is 0.214. The molecule has 0 fully saturated rings. The molecule has 1 aromatic heterocycles. The van der Waals surface area contributed by atoms with E-state index in [0.717, 1.165) is 17.7 Å². The third kappa shape index (κ3) is 2.91. The first kappa shape index (κ1) is 14.3. The predicted molar refractivity (Wildman–Crippen MR) is 68.9 cm³/mol. The molecule has 1 aromatic carbocycles. The molecular weight excluding hydrogens is 269 g/mol. The maximum Gasteiger partial charge on any atom is 0.416 e. The number of hydrogen-bond acceptors (Lipinski definition) is 3. The standard InChI is InChI=1S/C14H13F3N2O/c1-8-5-11(13(18)19-7-8)12(20)9-3-2-4-10(6-9)14(15,16)17/h2-7,12,20H,1H3,(H2,18,19). The number of pyridine rings is 1. The van der Waals surface area contributed by atoms with Crippen LogP contribution in [0.5, 0.6) is 0 Å². The fourth-order valence-electron chi connectivity index (χ4n) is 1.89. The summed E-state index contributed by atoms with van der Waals surface area (Å²) < 4.78 is 38.0. The molecule has 0 saturated heterocycles. The van der Waals surface area contributed by atoms with Gasteiger partial charge in [-0.2, -0.15) is 13.2 Å². The van der Waals surface area contributed by atoms with Crippen molar-refractivity contribution in [2.45, 2.75) is 19.2 Å². The quantitative estimate of drug-likeness (QED) is 0.890. The molecule has 2 aromatic rings. The lowest BCUT2D eigenvalue weighted by Crippen LogP contribution is -2.09. The van der Waals surface area contributed by atoms with E-state index < -0.39 is 17.8 Å². The zero-order valence-corrected chi connectivity index (χ0v) is 10.6. The number of anilines is 1. The van der Waals surface area contributed by atoms with E-state index in [1.165, 1.54) is 18.3 Å². The van der Waals surface area contributed by atoms with Gasteiger partial charge >= 0.3 is 6.18 Å². The van der Waals surface area contributed by atoms with E-state index in [1.807, 2.05) is 0 Å². The summed E-state index contributed by atoms with van der Waals surface area (Å²) in [5.74, 6) is 0.0977. The van der Waals surface area contributed by atoms with Gasteiger partial charge in [-0.05, 0) is 36.2 Å². The minimum atomic E-state index is -4.45. The third-order valence-electron chi connectivity index (χ3n) is 2.91. The molecule has 0 aliphatic carbocycles. The lowest BCUT2D eigenvalue weighted by atomic mass is 9.99. The summed E-state index contributed by atoms with van der Waals surface area (Å²) in [5.41, 5.74) is 6.03. The summed E-state index contributed by atoms with van der Waals surface area (Å²) in [7, 11) is 0. The van der Waals surface area contributed by atoms with Crippen LogP contribution in [0.1, 0.15) is 28.4 Å². The number of nitrogen functional groups attached to an aromatic ring is 1. The Morgan fingerprint density at radius 1 is 1.25 bits per heavy atom. The number of rotatable bonds is 2. The van der Waals surface area contributed by atoms with Crippen molar-refractivity contribution in [2.24, 2.45) is 0 Å². The van der Waals surface area contributed by atoms with Crippen molar-refractivity contribution in [3.8, 4) is 0 Å². The molecule has 1 atom stereocenters. The van der Waals surface area contributed by atoms with Crippen molar-refractivity contribution in [1.29, 1.82) is 0 Å². The van der Waals surface area contributed by atoms with Crippen LogP contribution in [0.2, 0.25) is 0 Å². The zero-order valence-electron chi connectivity index (χ0n) is 10.6. The predicted octanol–water partition coefficient (Wildman–Crippen LogP) is 3.07. The van der Waals surface area contributed by atoms with Crippen LogP contribution in [0.15, 0.2) is 36.5 Å². The van der Waals surface area contributed by atoms with Gasteiger partial charge in [0.1, 0.15) is 11.9 Å². The molecule has 3 nitrogen and oxygen atoms in total. The highest BCUT2D eigenvalue weighted by Gasteiger charge is 2.31. The van der Waals surface area contributed by atoms with Gasteiger partial charge < -0.3 is 10.8 Å². The molecule has 0 aliphatic heterocycles. The molecular formula is C14H13F3N2O. The van der Waals surface area contributed by atoms with Gasteiger partial charge in [0.25, 0.3) is 0 Å². The summed E-state index contributed by atoms with van der Waals surface area (Å²) in [5, 5.41) is 10.2. The molecule has 0 amide bonds. The highest BCUT2D eigenvalue weighted by Crippen LogP contribution is 2.33. The first-order valence-electron chi connectivity index (χ1n) is 5.86. The van der Waals surface area contributed by atoms with E-state index in [0.29, 0.717) is 5.56 Å². The number of halogens is 3. The molecule has 0 bridgehead atoms. The van der Waals surface area contributed by atoms with Crippen LogP contribution >= 0.6 is 0 Å². The number of alkyl halides is 3. The Morgan fingerprint density at radius 2 is 1.95 bits per heavy atom. The van der Waals surface area contributed by atoms with Crippen molar-refractivity contribution in [1.82, 2.24) is 4.98 Å². The lowest BCUT2D eigenvalue weighted by molar-refractivity contribution is -0.137. The minimum absolute atomic E-state index is 0.0977. The molecule has 0 saturated carbocycles. The summed E-state index contributed by atoms with van der Waals surface area (Å²) >= 11 is 0. The van der Waals surface area contributed by atoms with Gasteiger partial charge in [-0.15, -0.1) is 0 Å². The van der Waals surface area contributed by atoms with Crippen molar-refractivity contribution in [3.05, 3.63) is 58.8 Å². The Kier molecular flexibility index (Phi) is 3.67. The van der Waals surface area contributed by atoms with Gasteiger partial charge in [-0.1, -0.05) is 12.1 Å². The normalized spacial score (nSPS) is 13.2. The number of nitrogens with zero attached hydrogens (tertiary/aromatic N) is 1. The number of benzene rings is 1. The number of aliphatic hydroxyl groups is 1. The maximum absolute atomic E-state index is 12.7. The SMILES string of the molecule is Cc1cnc(N)c(C(O)c2cccc(C(F)(F)F)c2)c1. The largest absolute Gasteiger partial charge is 0.416 e. The first-order valence-corrected chi connectivity index (χ1v) is 5.86. The second kappa shape index (κ2) is 5.13. The van der Waals surface area contributed by atoms with Crippen LogP contribution in [0.4, 0.5) is 19.0 Å². The first-order chi connectivity index (χ1) is 9.29. The number of aryl methyl sites for hydroxylation is 1. The molecule has 0 radical (unpaired) electrons. The molecule has 3 N–H and O–H groups in total. The van der Waals surface area contributed by atoms with Crippen molar-refractivity contribution in [2.75, 3.05) is 5.73 Å². The highest BCUT2D eigenvalue weighted by molar-refractivity contribution is 5.46. The summed E-state index contributed by atoms with van der Waals surface area (Å²) in [6.45, 7) is 1.76. The van der Waals surface area contributed by atoms with E-state index in [1.54, 1.807) is 13.0 Å². The average Bonchev–Trinajstić information content (AvgIpc) is 2.40. The zero-order chi connectivity index (χ0) is 14.9. The second-order valence-electron chi connectivity index (χ2n) is 4.51. The average molecular weight is 282 g/mol. The molecule has 6 heteroatoms. The number of hydrogen-bond donors (Lipinski definition) is 2. The summed E-state index contributed by atoms with van der Waals surface area (Å²) in [6.07, 6.45) is -4.17. The van der Waals surface area contributed by atoms with E-state index in [9.17, 15) is 18.3 Å². The Morgan fingerprint density at radius 3 is 2.60 bits per heavy atom. The summed E-state index contributed by atoms with van der Waals surface area (Å²) in [4.78, 5) is 3.89. The molecule has 0 spiro atoms.